The van der Waals surface area contributed by atoms with E-state index in [2.05, 4.69) is 22.4 Å². The normalized spacial score (nSPS) is 17.1. The second-order valence-corrected chi connectivity index (χ2v) is 8.58. The highest BCUT2D eigenvalue weighted by molar-refractivity contribution is 5.67. The van der Waals surface area contributed by atoms with Crippen LogP contribution in [0.4, 0.5) is 4.79 Å². The number of nitrogens with one attached hydrogen (secondary N) is 1. The topological polar surface area (TPSA) is 77.2 Å². The lowest BCUT2D eigenvalue weighted by atomic mass is 9.87. The molecule has 1 aromatic rings. The third-order valence-corrected chi connectivity index (χ3v) is 4.83. The molecule has 148 valence electrons. The first-order chi connectivity index (χ1) is 12.3. The molecule has 1 atom stereocenters. The van der Waals surface area contributed by atoms with Crippen LogP contribution in [-0.2, 0) is 11.2 Å². The molecule has 1 heterocycles. The number of hydrogen-bond acceptors (Lipinski definition) is 5. The maximum atomic E-state index is 11.6. The Morgan fingerprint density at radius 1 is 1.27 bits per heavy atom. The third-order valence-electron chi connectivity index (χ3n) is 4.83. The van der Waals surface area contributed by atoms with Gasteiger partial charge in [0, 0.05) is 18.9 Å². The number of unbranched alkanes of at least 4 members (excludes halogenated alkanes) is 1. The SMILES string of the molecule is C[C@@H](CCCCNC(=O)OC(C)(C)C)c1nc(CC2CCCCC2)no1. The van der Waals surface area contributed by atoms with Gasteiger partial charge in [-0.2, -0.15) is 4.98 Å². The van der Waals surface area contributed by atoms with Crippen molar-refractivity contribution in [2.45, 2.75) is 97.0 Å². The highest BCUT2D eigenvalue weighted by atomic mass is 16.6. The fraction of sp³-hybridized carbons (Fsp3) is 0.850. The van der Waals surface area contributed by atoms with E-state index in [1.54, 1.807) is 0 Å². The van der Waals surface area contributed by atoms with Crippen LogP contribution in [0.25, 0.3) is 0 Å². The summed E-state index contributed by atoms with van der Waals surface area (Å²) >= 11 is 0. The summed E-state index contributed by atoms with van der Waals surface area (Å²) in [6, 6.07) is 0. The van der Waals surface area contributed by atoms with Gasteiger partial charge in [-0.05, 0) is 39.5 Å². The Bertz CT molecular complexity index is 545. The smallest absolute Gasteiger partial charge is 0.407 e. The van der Waals surface area contributed by atoms with Gasteiger partial charge in [0.2, 0.25) is 5.89 Å². The molecule has 6 heteroatoms. The van der Waals surface area contributed by atoms with E-state index in [4.69, 9.17) is 9.26 Å². The van der Waals surface area contributed by atoms with E-state index < -0.39 is 5.60 Å². The fourth-order valence-electron chi connectivity index (χ4n) is 3.40. The van der Waals surface area contributed by atoms with Crippen LogP contribution >= 0.6 is 0 Å². The Morgan fingerprint density at radius 2 is 2.00 bits per heavy atom. The largest absolute Gasteiger partial charge is 0.444 e. The molecule has 1 fully saturated rings. The summed E-state index contributed by atoms with van der Waals surface area (Å²) in [7, 11) is 0. The minimum Gasteiger partial charge on any atom is -0.444 e. The van der Waals surface area contributed by atoms with Gasteiger partial charge < -0.3 is 14.6 Å². The maximum absolute atomic E-state index is 11.6. The van der Waals surface area contributed by atoms with E-state index >= 15 is 0 Å². The molecule has 0 saturated heterocycles. The molecular weight excluding hydrogens is 330 g/mol. The van der Waals surface area contributed by atoms with Crippen molar-refractivity contribution >= 4 is 6.09 Å². The molecule has 0 bridgehead atoms. The average Bonchev–Trinajstić information content (AvgIpc) is 3.02. The van der Waals surface area contributed by atoms with Crippen molar-refractivity contribution in [2.24, 2.45) is 5.92 Å². The van der Waals surface area contributed by atoms with Crippen LogP contribution in [0.3, 0.4) is 0 Å². The molecule has 0 unspecified atom stereocenters. The Hall–Kier alpha value is -1.59. The van der Waals surface area contributed by atoms with E-state index in [0.717, 1.165) is 43.3 Å². The second kappa shape index (κ2) is 9.93. The lowest BCUT2D eigenvalue weighted by Gasteiger charge is -2.19. The average molecular weight is 366 g/mol. The van der Waals surface area contributed by atoms with E-state index in [-0.39, 0.29) is 12.0 Å². The van der Waals surface area contributed by atoms with Gasteiger partial charge in [0.1, 0.15) is 5.60 Å². The standard InChI is InChI=1S/C20H35N3O3/c1-15(10-8-9-13-21-19(24)25-20(2,3)4)18-22-17(23-26-18)14-16-11-6-5-7-12-16/h15-16H,5-14H2,1-4H3,(H,21,24)/t15-/m0/s1. The molecule has 0 aliphatic heterocycles. The first-order valence-corrected chi connectivity index (χ1v) is 10.1. The number of carbonyl (C=O) groups excluding carboxylic acids is 1. The Labute approximate surface area is 157 Å². The number of hydrogen-bond donors (Lipinski definition) is 1. The minimum atomic E-state index is -0.452. The fourth-order valence-corrected chi connectivity index (χ4v) is 3.40. The summed E-state index contributed by atoms with van der Waals surface area (Å²) in [5, 5.41) is 6.96. The van der Waals surface area contributed by atoms with Crippen molar-refractivity contribution in [2.75, 3.05) is 6.54 Å². The van der Waals surface area contributed by atoms with E-state index in [0.29, 0.717) is 6.54 Å². The lowest BCUT2D eigenvalue weighted by molar-refractivity contribution is 0.0527. The van der Waals surface area contributed by atoms with Crippen LogP contribution in [-0.4, -0.2) is 28.4 Å². The molecule has 2 rings (SSSR count). The van der Waals surface area contributed by atoms with Crippen LogP contribution < -0.4 is 5.32 Å². The number of aromatic nitrogens is 2. The van der Waals surface area contributed by atoms with Gasteiger partial charge in [0.05, 0.1) is 0 Å². The maximum Gasteiger partial charge on any atom is 0.407 e. The summed E-state index contributed by atoms with van der Waals surface area (Å²) in [5.74, 6) is 2.59. The first kappa shape index (κ1) is 20.7. The number of carbonyl (C=O) groups is 1. The zero-order chi connectivity index (χ0) is 19.0. The monoisotopic (exact) mass is 365 g/mol. The van der Waals surface area contributed by atoms with Crippen LogP contribution in [0.15, 0.2) is 4.52 Å². The molecule has 1 amide bonds. The molecule has 0 aromatic carbocycles. The second-order valence-electron chi connectivity index (χ2n) is 8.58. The first-order valence-electron chi connectivity index (χ1n) is 10.1. The molecule has 1 aliphatic rings. The van der Waals surface area contributed by atoms with Crippen molar-refractivity contribution in [1.82, 2.24) is 15.5 Å². The molecule has 0 spiro atoms. The number of nitrogens with zero attached hydrogens (tertiary/aromatic N) is 2. The lowest BCUT2D eigenvalue weighted by Crippen LogP contribution is -2.33. The van der Waals surface area contributed by atoms with E-state index in [1.165, 1.54) is 32.1 Å². The van der Waals surface area contributed by atoms with E-state index in [1.807, 2.05) is 20.8 Å². The highest BCUT2D eigenvalue weighted by Crippen LogP contribution is 2.27. The molecule has 1 saturated carbocycles. The van der Waals surface area contributed by atoms with Gasteiger partial charge in [-0.15, -0.1) is 0 Å². The van der Waals surface area contributed by atoms with Crippen molar-refractivity contribution in [3.05, 3.63) is 11.7 Å². The van der Waals surface area contributed by atoms with Gasteiger partial charge >= 0.3 is 6.09 Å². The van der Waals surface area contributed by atoms with Crippen molar-refractivity contribution in [3.8, 4) is 0 Å². The van der Waals surface area contributed by atoms with Gasteiger partial charge in [0.25, 0.3) is 0 Å². The number of ether oxygens (including phenoxy) is 1. The molecule has 6 nitrogen and oxygen atoms in total. The number of alkyl carbamates (subject to hydrolysis) is 1. The van der Waals surface area contributed by atoms with Crippen LogP contribution in [0, 0.1) is 5.92 Å². The number of amides is 1. The summed E-state index contributed by atoms with van der Waals surface area (Å²) in [6.07, 6.45) is 10.1. The quantitative estimate of drug-likeness (QED) is 0.657. The van der Waals surface area contributed by atoms with Crippen LogP contribution in [0.2, 0.25) is 0 Å². The van der Waals surface area contributed by atoms with E-state index in [9.17, 15) is 4.79 Å². The highest BCUT2D eigenvalue weighted by Gasteiger charge is 2.19. The van der Waals surface area contributed by atoms with Gasteiger partial charge in [-0.1, -0.05) is 50.6 Å². The Kier molecular flexibility index (Phi) is 7.91. The molecular formula is C20H35N3O3. The molecule has 1 aromatic heterocycles. The Morgan fingerprint density at radius 3 is 2.69 bits per heavy atom. The van der Waals surface area contributed by atoms with Gasteiger partial charge in [-0.25, -0.2) is 4.79 Å². The minimum absolute atomic E-state index is 0.254. The summed E-state index contributed by atoms with van der Waals surface area (Å²) in [5.41, 5.74) is -0.452. The third kappa shape index (κ3) is 7.75. The molecule has 1 N–H and O–H groups in total. The summed E-state index contributed by atoms with van der Waals surface area (Å²) in [4.78, 5) is 16.2. The zero-order valence-electron chi connectivity index (χ0n) is 16.8. The summed E-state index contributed by atoms with van der Waals surface area (Å²) < 4.78 is 10.7. The predicted molar refractivity (Wildman–Crippen MR) is 101 cm³/mol. The zero-order valence-corrected chi connectivity index (χ0v) is 16.8. The predicted octanol–water partition coefficient (Wildman–Crippen LogP) is 4.99. The van der Waals surface area contributed by atoms with Crippen LogP contribution in [0.1, 0.15) is 96.7 Å². The number of rotatable bonds is 8. The summed E-state index contributed by atoms with van der Waals surface area (Å²) in [6.45, 7) is 8.33. The van der Waals surface area contributed by atoms with Crippen molar-refractivity contribution < 1.29 is 14.1 Å². The molecule has 0 radical (unpaired) electrons. The van der Waals surface area contributed by atoms with Crippen LogP contribution in [0.5, 0.6) is 0 Å². The molecule has 1 aliphatic carbocycles. The van der Waals surface area contributed by atoms with Gasteiger partial charge in [0.15, 0.2) is 5.82 Å². The van der Waals surface area contributed by atoms with Crippen molar-refractivity contribution in [3.63, 3.8) is 0 Å². The van der Waals surface area contributed by atoms with Crippen molar-refractivity contribution in [1.29, 1.82) is 0 Å². The Balaban J connectivity index is 1.62. The molecule has 26 heavy (non-hydrogen) atoms. The van der Waals surface area contributed by atoms with Gasteiger partial charge in [-0.3, -0.25) is 0 Å².